The van der Waals surface area contributed by atoms with E-state index in [0.717, 1.165) is 45.2 Å². The summed E-state index contributed by atoms with van der Waals surface area (Å²) in [6.07, 6.45) is 0.865. The van der Waals surface area contributed by atoms with E-state index in [-0.39, 0.29) is 6.03 Å². The van der Waals surface area contributed by atoms with Crippen LogP contribution in [0, 0.1) is 0 Å². The molecule has 1 heterocycles. The maximum atomic E-state index is 12.3. The molecule has 0 fully saturated rings. The Morgan fingerprint density at radius 1 is 0.862 bits per heavy atom. The molecule has 4 nitrogen and oxygen atoms in total. The van der Waals surface area contributed by atoms with Gasteiger partial charge in [0.25, 0.3) is 0 Å². The van der Waals surface area contributed by atoms with E-state index in [1.54, 1.807) is 11.3 Å². The highest BCUT2D eigenvalue weighted by Gasteiger charge is 2.08. The van der Waals surface area contributed by atoms with Crippen LogP contribution in [0.2, 0.25) is 0 Å². The quantitative estimate of drug-likeness (QED) is 0.393. The summed E-state index contributed by atoms with van der Waals surface area (Å²) < 4.78 is 0. The zero-order valence-electron chi connectivity index (χ0n) is 16.1. The fraction of sp³-hybridized carbons (Fsp3) is 0.0833. The fourth-order valence-corrected chi connectivity index (χ4v) is 3.91. The Balaban J connectivity index is 1.43. The van der Waals surface area contributed by atoms with Crippen LogP contribution in [0.25, 0.3) is 21.8 Å². The third-order valence-electron chi connectivity index (χ3n) is 4.61. The van der Waals surface area contributed by atoms with E-state index < -0.39 is 0 Å². The lowest BCUT2D eigenvalue weighted by molar-refractivity contribution is 0.262. The second-order valence-electron chi connectivity index (χ2n) is 6.57. The van der Waals surface area contributed by atoms with Crippen molar-refractivity contribution in [1.29, 1.82) is 0 Å². The fourth-order valence-electron chi connectivity index (χ4n) is 3.08. The predicted octanol–water partition coefficient (Wildman–Crippen LogP) is 6.68. The van der Waals surface area contributed by atoms with Crippen LogP contribution in [0.15, 0.2) is 84.2 Å². The number of carbonyl (C=O) groups is 1. The molecule has 3 aromatic carbocycles. The Labute approximate surface area is 174 Å². The molecule has 0 aliphatic rings. The zero-order chi connectivity index (χ0) is 20.1. The highest BCUT2D eigenvalue weighted by molar-refractivity contribution is 7.13. The summed E-state index contributed by atoms with van der Waals surface area (Å²) in [5, 5.41) is 8.85. The monoisotopic (exact) mass is 399 g/mol. The Hall–Kier alpha value is -3.44. The van der Waals surface area contributed by atoms with Crippen LogP contribution in [0.3, 0.4) is 0 Å². The standard InChI is InChI=1S/C24H21N3OS/c1-2-17-8-6-7-11-21(17)27-24(28)25-20-14-12-18(13-15-20)22-16-29-23(26-22)19-9-4-3-5-10-19/h3-16H,2H2,1H3,(H2,25,27,28). The topological polar surface area (TPSA) is 54.0 Å². The number of aryl methyl sites for hydroxylation is 1. The first-order chi connectivity index (χ1) is 14.2. The molecule has 0 aliphatic heterocycles. The van der Waals surface area contributed by atoms with Gasteiger partial charge in [0.15, 0.2) is 0 Å². The first kappa shape index (κ1) is 18.9. The van der Waals surface area contributed by atoms with Gasteiger partial charge in [-0.05, 0) is 30.2 Å². The summed E-state index contributed by atoms with van der Waals surface area (Å²) in [7, 11) is 0. The summed E-state index contributed by atoms with van der Waals surface area (Å²) in [5.74, 6) is 0. The van der Waals surface area contributed by atoms with Crippen molar-refractivity contribution in [1.82, 2.24) is 4.98 Å². The van der Waals surface area contributed by atoms with Crippen molar-refractivity contribution in [3.8, 4) is 21.8 Å². The second kappa shape index (κ2) is 8.71. The highest BCUT2D eigenvalue weighted by atomic mass is 32.1. The maximum Gasteiger partial charge on any atom is 0.323 e. The molecular weight excluding hydrogens is 378 g/mol. The minimum atomic E-state index is -0.251. The molecule has 5 heteroatoms. The SMILES string of the molecule is CCc1ccccc1NC(=O)Nc1ccc(-c2csc(-c3ccccc3)n2)cc1. The van der Waals surface area contributed by atoms with E-state index in [1.165, 1.54) is 0 Å². The molecular formula is C24H21N3OS. The van der Waals surface area contributed by atoms with Gasteiger partial charge >= 0.3 is 6.03 Å². The maximum absolute atomic E-state index is 12.3. The number of urea groups is 1. The molecule has 144 valence electrons. The predicted molar refractivity (Wildman–Crippen MR) is 121 cm³/mol. The van der Waals surface area contributed by atoms with Crippen LogP contribution in [-0.4, -0.2) is 11.0 Å². The Bertz CT molecular complexity index is 1100. The molecule has 0 saturated carbocycles. The van der Waals surface area contributed by atoms with Crippen molar-refractivity contribution < 1.29 is 4.79 Å². The number of rotatable bonds is 5. The summed E-state index contributed by atoms with van der Waals surface area (Å²) in [6, 6.07) is 25.4. The number of aromatic nitrogens is 1. The highest BCUT2D eigenvalue weighted by Crippen LogP contribution is 2.29. The summed E-state index contributed by atoms with van der Waals surface area (Å²) in [6.45, 7) is 2.07. The number of para-hydroxylation sites is 1. The van der Waals surface area contributed by atoms with Gasteiger partial charge in [0.2, 0.25) is 0 Å². The average molecular weight is 400 g/mol. The van der Waals surface area contributed by atoms with E-state index in [2.05, 4.69) is 35.1 Å². The summed E-state index contributed by atoms with van der Waals surface area (Å²) >= 11 is 1.63. The van der Waals surface area contributed by atoms with Gasteiger partial charge in [0, 0.05) is 27.9 Å². The van der Waals surface area contributed by atoms with Crippen molar-refractivity contribution >= 4 is 28.7 Å². The van der Waals surface area contributed by atoms with Crippen molar-refractivity contribution in [3.63, 3.8) is 0 Å². The number of hydrogen-bond donors (Lipinski definition) is 2. The number of nitrogens with zero attached hydrogens (tertiary/aromatic N) is 1. The Kier molecular flexibility index (Phi) is 5.68. The average Bonchev–Trinajstić information content (AvgIpc) is 3.25. The third kappa shape index (κ3) is 4.52. The number of carbonyl (C=O) groups excluding carboxylic acids is 1. The first-order valence-electron chi connectivity index (χ1n) is 9.50. The van der Waals surface area contributed by atoms with Gasteiger partial charge in [-0.2, -0.15) is 0 Å². The van der Waals surface area contributed by atoms with Gasteiger partial charge in [-0.1, -0.05) is 67.6 Å². The third-order valence-corrected chi connectivity index (χ3v) is 5.50. The number of nitrogens with one attached hydrogen (secondary N) is 2. The van der Waals surface area contributed by atoms with Gasteiger partial charge in [-0.15, -0.1) is 11.3 Å². The number of benzene rings is 3. The minimum absolute atomic E-state index is 0.251. The smallest absolute Gasteiger partial charge is 0.308 e. The molecule has 0 spiro atoms. The van der Waals surface area contributed by atoms with Crippen LogP contribution in [0.1, 0.15) is 12.5 Å². The number of hydrogen-bond acceptors (Lipinski definition) is 3. The van der Waals surface area contributed by atoms with Crippen molar-refractivity contribution in [2.45, 2.75) is 13.3 Å². The van der Waals surface area contributed by atoms with E-state index in [1.807, 2.05) is 66.7 Å². The molecule has 0 unspecified atom stereocenters. The number of anilines is 2. The molecule has 0 saturated heterocycles. The molecule has 0 atom stereocenters. The lowest BCUT2D eigenvalue weighted by atomic mass is 10.1. The van der Waals surface area contributed by atoms with Crippen molar-refractivity contribution in [2.75, 3.05) is 10.6 Å². The van der Waals surface area contributed by atoms with E-state index in [9.17, 15) is 4.79 Å². The molecule has 0 radical (unpaired) electrons. The van der Waals surface area contributed by atoms with Crippen molar-refractivity contribution in [3.05, 3.63) is 89.8 Å². The van der Waals surface area contributed by atoms with Gasteiger partial charge in [-0.3, -0.25) is 0 Å². The normalized spacial score (nSPS) is 10.5. The zero-order valence-corrected chi connectivity index (χ0v) is 16.9. The molecule has 2 N–H and O–H groups in total. The molecule has 29 heavy (non-hydrogen) atoms. The lowest BCUT2D eigenvalue weighted by Crippen LogP contribution is -2.20. The molecule has 4 rings (SSSR count). The lowest BCUT2D eigenvalue weighted by Gasteiger charge is -2.11. The first-order valence-corrected chi connectivity index (χ1v) is 10.4. The minimum Gasteiger partial charge on any atom is -0.308 e. The van der Waals surface area contributed by atoms with Gasteiger partial charge < -0.3 is 10.6 Å². The van der Waals surface area contributed by atoms with Crippen LogP contribution >= 0.6 is 11.3 Å². The van der Waals surface area contributed by atoms with Gasteiger partial charge in [-0.25, -0.2) is 9.78 Å². The molecule has 0 bridgehead atoms. The van der Waals surface area contributed by atoms with Gasteiger partial charge in [0.05, 0.1) is 5.69 Å². The Morgan fingerprint density at radius 3 is 2.34 bits per heavy atom. The molecule has 1 aromatic heterocycles. The van der Waals surface area contributed by atoms with Crippen LogP contribution in [-0.2, 0) is 6.42 Å². The van der Waals surface area contributed by atoms with Crippen molar-refractivity contribution in [2.24, 2.45) is 0 Å². The van der Waals surface area contributed by atoms with E-state index in [0.29, 0.717) is 0 Å². The molecule has 2 amide bonds. The van der Waals surface area contributed by atoms with E-state index >= 15 is 0 Å². The largest absolute Gasteiger partial charge is 0.323 e. The Morgan fingerprint density at radius 2 is 1.59 bits per heavy atom. The second-order valence-corrected chi connectivity index (χ2v) is 7.43. The van der Waals surface area contributed by atoms with E-state index in [4.69, 9.17) is 4.98 Å². The molecule has 4 aromatic rings. The van der Waals surface area contributed by atoms with Crippen LogP contribution in [0.5, 0.6) is 0 Å². The summed E-state index contributed by atoms with van der Waals surface area (Å²) in [4.78, 5) is 17.1. The number of amides is 2. The van der Waals surface area contributed by atoms with Gasteiger partial charge in [0.1, 0.15) is 5.01 Å². The van der Waals surface area contributed by atoms with Crippen LogP contribution < -0.4 is 10.6 Å². The van der Waals surface area contributed by atoms with Crippen LogP contribution in [0.4, 0.5) is 16.2 Å². The summed E-state index contributed by atoms with van der Waals surface area (Å²) in [5.41, 5.74) is 5.74. The number of thiazole rings is 1. The molecule has 0 aliphatic carbocycles.